The van der Waals surface area contributed by atoms with Crippen LogP contribution in [-0.2, 0) is 10.1 Å². The maximum Gasteiger partial charge on any atom is 0.265 e. The highest BCUT2D eigenvalue weighted by Crippen LogP contribution is 1.96. The normalized spacial score (nSPS) is 14.8. The van der Waals surface area contributed by atoms with Crippen LogP contribution in [0.4, 0.5) is 0 Å². The van der Waals surface area contributed by atoms with Crippen molar-refractivity contribution in [2.24, 2.45) is 5.92 Å². The van der Waals surface area contributed by atoms with Gasteiger partial charge in [0.25, 0.3) is 10.1 Å². The zero-order valence-corrected chi connectivity index (χ0v) is 7.69. The van der Waals surface area contributed by atoms with Crippen LogP contribution < -0.4 is 5.32 Å². The van der Waals surface area contributed by atoms with Crippen molar-refractivity contribution in [1.29, 1.82) is 0 Å². The van der Waals surface area contributed by atoms with Crippen molar-refractivity contribution in [2.45, 2.75) is 13.8 Å². The second-order valence-corrected chi connectivity index (χ2v) is 4.16. The minimum absolute atomic E-state index is 0.0371. The lowest BCUT2D eigenvalue weighted by Gasteiger charge is -2.08. The molecule has 0 bridgehead atoms. The van der Waals surface area contributed by atoms with Gasteiger partial charge in [-0.1, -0.05) is 13.8 Å². The van der Waals surface area contributed by atoms with E-state index in [0.29, 0.717) is 6.54 Å². The topological polar surface area (TPSA) is 66.4 Å². The van der Waals surface area contributed by atoms with Gasteiger partial charge in [-0.2, -0.15) is 8.42 Å². The van der Waals surface area contributed by atoms with Crippen molar-refractivity contribution in [3.8, 4) is 0 Å². The Bertz CT molecular complexity index is 188. The van der Waals surface area contributed by atoms with Gasteiger partial charge < -0.3 is 5.32 Å². The zero-order valence-electron chi connectivity index (χ0n) is 6.87. The van der Waals surface area contributed by atoms with Gasteiger partial charge in [0.15, 0.2) is 0 Å². The van der Waals surface area contributed by atoms with Crippen LogP contribution in [0.1, 0.15) is 13.8 Å². The van der Waals surface area contributed by atoms with Gasteiger partial charge in [-0.3, -0.25) is 4.55 Å². The van der Waals surface area contributed by atoms with Crippen LogP contribution in [0.15, 0.2) is 0 Å². The molecule has 0 amide bonds. The molecule has 0 spiro atoms. The van der Waals surface area contributed by atoms with Gasteiger partial charge in [-0.25, -0.2) is 0 Å². The Labute approximate surface area is 67.7 Å². The first-order valence-electron chi connectivity index (χ1n) is 3.61. The highest BCUT2D eigenvalue weighted by molar-refractivity contribution is 7.85. The number of nitrogens with one attached hydrogen (secondary N) is 1. The fraction of sp³-hybridized carbons (Fsp3) is 1.00. The maximum absolute atomic E-state index is 10.3. The molecule has 0 aromatic carbocycles. The van der Waals surface area contributed by atoms with Crippen LogP contribution in [0.3, 0.4) is 0 Å². The summed E-state index contributed by atoms with van der Waals surface area (Å²) in [5.41, 5.74) is 0. The number of hydrogen-bond donors (Lipinski definition) is 2. The summed E-state index contributed by atoms with van der Waals surface area (Å²) >= 11 is 0. The van der Waals surface area contributed by atoms with E-state index < -0.39 is 10.1 Å². The summed E-state index contributed by atoms with van der Waals surface area (Å²) in [6.45, 7) is 5.16. The molecule has 68 valence electrons. The quantitative estimate of drug-likeness (QED) is 0.591. The van der Waals surface area contributed by atoms with E-state index in [4.69, 9.17) is 4.55 Å². The lowest BCUT2D eigenvalue weighted by Crippen LogP contribution is -2.25. The van der Waals surface area contributed by atoms with Gasteiger partial charge >= 0.3 is 0 Å². The molecular weight excluding hydrogens is 166 g/mol. The molecule has 2 N–H and O–H groups in total. The highest BCUT2D eigenvalue weighted by atomic mass is 32.2. The summed E-state index contributed by atoms with van der Waals surface area (Å²) in [4.78, 5) is 0. The van der Waals surface area contributed by atoms with Crippen LogP contribution in [-0.4, -0.2) is 31.8 Å². The second-order valence-electron chi connectivity index (χ2n) is 2.66. The Morgan fingerprint density at radius 2 is 2.09 bits per heavy atom. The van der Waals surface area contributed by atoms with Crippen LogP contribution in [0.5, 0.6) is 0 Å². The second kappa shape index (κ2) is 4.69. The summed E-state index contributed by atoms with van der Waals surface area (Å²) in [6, 6.07) is 0. The molecule has 0 radical (unpaired) electrons. The smallest absolute Gasteiger partial charge is 0.265 e. The molecule has 0 rings (SSSR count). The van der Waals surface area contributed by atoms with E-state index in [-0.39, 0.29) is 11.7 Å². The SMILES string of the molecule is CCNCC(C)CS(=O)(=O)O. The van der Waals surface area contributed by atoms with Crippen molar-refractivity contribution in [1.82, 2.24) is 5.32 Å². The van der Waals surface area contributed by atoms with E-state index in [1.54, 1.807) is 6.92 Å². The molecule has 1 unspecified atom stereocenters. The molecule has 0 saturated heterocycles. The third kappa shape index (κ3) is 7.77. The average Bonchev–Trinajstić information content (AvgIpc) is 1.79. The molecule has 4 nitrogen and oxygen atoms in total. The van der Waals surface area contributed by atoms with E-state index in [0.717, 1.165) is 6.54 Å². The van der Waals surface area contributed by atoms with Gasteiger partial charge in [0, 0.05) is 0 Å². The van der Waals surface area contributed by atoms with E-state index >= 15 is 0 Å². The van der Waals surface area contributed by atoms with Gasteiger partial charge in [-0.15, -0.1) is 0 Å². The van der Waals surface area contributed by atoms with Crippen molar-refractivity contribution < 1.29 is 13.0 Å². The molecule has 0 heterocycles. The zero-order chi connectivity index (χ0) is 8.91. The molecule has 0 aliphatic rings. The van der Waals surface area contributed by atoms with Crippen molar-refractivity contribution in [2.75, 3.05) is 18.8 Å². The molecule has 5 heteroatoms. The first kappa shape index (κ1) is 10.9. The molecular formula is C6H15NO3S. The Kier molecular flexibility index (Phi) is 4.63. The van der Waals surface area contributed by atoms with Gasteiger partial charge in [-0.05, 0) is 19.0 Å². The van der Waals surface area contributed by atoms with Gasteiger partial charge in [0.2, 0.25) is 0 Å². The van der Waals surface area contributed by atoms with E-state index in [2.05, 4.69) is 5.32 Å². The standard InChI is InChI=1S/C6H15NO3S/c1-3-7-4-6(2)5-11(8,9)10/h6-7H,3-5H2,1-2H3,(H,8,9,10). The van der Waals surface area contributed by atoms with E-state index in [9.17, 15) is 8.42 Å². The third-order valence-electron chi connectivity index (χ3n) is 1.24. The van der Waals surface area contributed by atoms with Crippen molar-refractivity contribution in [3.05, 3.63) is 0 Å². The van der Waals surface area contributed by atoms with Gasteiger partial charge in [0.05, 0.1) is 5.75 Å². The lowest BCUT2D eigenvalue weighted by atomic mass is 10.2. The van der Waals surface area contributed by atoms with Crippen molar-refractivity contribution in [3.63, 3.8) is 0 Å². The molecule has 0 aromatic rings. The van der Waals surface area contributed by atoms with E-state index in [1.807, 2.05) is 6.92 Å². The molecule has 0 fully saturated rings. The predicted molar refractivity (Wildman–Crippen MR) is 44.1 cm³/mol. The molecule has 0 saturated carbocycles. The summed E-state index contributed by atoms with van der Waals surface area (Å²) in [6.07, 6.45) is 0. The van der Waals surface area contributed by atoms with Crippen LogP contribution in [0, 0.1) is 5.92 Å². The summed E-state index contributed by atoms with van der Waals surface area (Å²) < 4.78 is 29.1. The fourth-order valence-electron chi connectivity index (χ4n) is 0.809. The largest absolute Gasteiger partial charge is 0.317 e. The lowest BCUT2D eigenvalue weighted by molar-refractivity contribution is 0.463. The summed E-state index contributed by atoms with van der Waals surface area (Å²) in [5.74, 6) is -0.204. The Morgan fingerprint density at radius 1 is 1.55 bits per heavy atom. The molecule has 0 aliphatic heterocycles. The average molecular weight is 181 g/mol. The molecule has 11 heavy (non-hydrogen) atoms. The van der Waals surface area contributed by atoms with Crippen LogP contribution in [0.2, 0.25) is 0 Å². The Balaban J connectivity index is 3.61. The van der Waals surface area contributed by atoms with E-state index in [1.165, 1.54) is 0 Å². The summed E-state index contributed by atoms with van der Waals surface area (Å²) in [5, 5.41) is 3.00. The fourth-order valence-corrected chi connectivity index (χ4v) is 1.65. The number of hydrogen-bond acceptors (Lipinski definition) is 3. The molecule has 0 aromatic heterocycles. The van der Waals surface area contributed by atoms with Crippen LogP contribution in [0.25, 0.3) is 0 Å². The minimum Gasteiger partial charge on any atom is -0.317 e. The van der Waals surface area contributed by atoms with Crippen LogP contribution >= 0.6 is 0 Å². The first-order valence-corrected chi connectivity index (χ1v) is 5.22. The third-order valence-corrected chi connectivity index (χ3v) is 2.23. The molecule has 0 aliphatic carbocycles. The predicted octanol–water partition coefficient (Wildman–Crippen LogP) is 0.120. The highest BCUT2D eigenvalue weighted by Gasteiger charge is 2.10. The van der Waals surface area contributed by atoms with Crippen molar-refractivity contribution >= 4 is 10.1 Å². The Hall–Kier alpha value is -0.130. The van der Waals surface area contributed by atoms with Gasteiger partial charge in [0.1, 0.15) is 0 Å². The monoisotopic (exact) mass is 181 g/mol. The number of rotatable bonds is 5. The maximum atomic E-state index is 10.3. The Morgan fingerprint density at radius 3 is 2.45 bits per heavy atom. The minimum atomic E-state index is -3.79. The summed E-state index contributed by atoms with van der Waals surface area (Å²) in [7, 11) is -3.79. The molecule has 1 atom stereocenters. The first-order chi connectivity index (χ1) is 4.95.